The van der Waals surface area contributed by atoms with Crippen molar-refractivity contribution in [2.45, 2.75) is 45.2 Å². The van der Waals surface area contributed by atoms with Gasteiger partial charge in [-0.1, -0.05) is 78.9 Å². The summed E-state index contributed by atoms with van der Waals surface area (Å²) in [5.41, 5.74) is 4.36. The van der Waals surface area contributed by atoms with Crippen LogP contribution < -0.4 is 10.1 Å². The van der Waals surface area contributed by atoms with Crippen molar-refractivity contribution in [2.24, 2.45) is 0 Å². The Hall–Kier alpha value is -4.62. The second-order valence-corrected chi connectivity index (χ2v) is 11.4. The van der Waals surface area contributed by atoms with Crippen LogP contribution in [0.15, 0.2) is 103 Å². The van der Waals surface area contributed by atoms with Crippen molar-refractivity contribution in [3.63, 3.8) is 0 Å². The molecule has 7 nitrogen and oxygen atoms in total. The minimum Gasteiger partial charge on any atom is -0.508 e. The second-order valence-electron chi connectivity index (χ2n) is 11.4. The quantitative estimate of drug-likeness (QED) is 0.219. The molecule has 1 heterocycles. The third-order valence-electron chi connectivity index (χ3n) is 8.09. The number of hydrogen-bond acceptors (Lipinski definition) is 5. The molecule has 1 aliphatic rings. The summed E-state index contributed by atoms with van der Waals surface area (Å²) in [7, 11) is 0. The predicted molar refractivity (Wildman–Crippen MR) is 173 cm³/mol. The summed E-state index contributed by atoms with van der Waals surface area (Å²) < 4.78 is 6.39. The number of rotatable bonds is 12. The summed E-state index contributed by atoms with van der Waals surface area (Å²) in [6.07, 6.45) is 2.34. The summed E-state index contributed by atoms with van der Waals surface area (Å²) in [6, 6.07) is 33.5. The van der Waals surface area contributed by atoms with E-state index in [0.717, 1.165) is 54.2 Å². The fourth-order valence-electron chi connectivity index (χ4n) is 5.81. The van der Waals surface area contributed by atoms with Crippen LogP contribution in [0.25, 0.3) is 0 Å². The van der Waals surface area contributed by atoms with E-state index in [1.165, 1.54) is 12.5 Å². The Morgan fingerprint density at radius 2 is 1.43 bits per heavy atom. The topological polar surface area (TPSA) is 82.1 Å². The summed E-state index contributed by atoms with van der Waals surface area (Å²) in [6.45, 7) is 5.19. The lowest BCUT2D eigenvalue weighted by molar-refractivity contribution is -0.136. The van der Waals surface area contributed by atoms with Crippen molar-refractivity contribution < 1.29 is 19.4 Å². The smallest absolute Gasteiger partial charge is 0.223 e. The Morgan fingerprint density at radius 1 is 0.795 bits per heavy atom. The van der Waals surface area contributed by atoms with E-state index in [0.29, 0.717) is 32.4 Å². The van der Waals surface area contributed by atoms with Crippen LogP contribution in [0.3, 0.4) is 0 Å². The largest absolute Gasteiger partial charge is 0.508 e. The molecule has 7 heteroatoms. The molecule has 5 rings (SSSR count). The third kappa shape index (κ3) is 8.71. The normalized spacial score (nSPS) is 15.1. The van der Waals surface area contributed by atoms with Crippen molar-refractivity contribution in [2.75, 3.05) is 26.2 Å². The number of aromatic hydroxyl groups is 1. The van der Waals surface area contributed by atoms with Gasteiger partial charge >= 0.3 is 0 Å². The average Bonchev–Trinajstić information content (AvgIpc) is 3.03. The number of phenolic OH excluding ortho intramolecular Hbond substituents is 1. The van der Waals surface area contributed by atoms with Gasteiger partial charge in [0, 0.05) is 52.1 Å². The van der Waals surface area contributed by atoms with E-state index in [2.05, 4.69) is 39.4 Å². The van der Waals surface area contributed by atoms with Gasteiger partial charge in [0.25, 0.3) is 0 Å². The second kappa shape index (κ2) is 15.2. The summed E-state index contributed by atoms with van der Waals surface area (Å²) >= 11 is 0. The number of piperazine rings is 1. The Morgan fingerprint density at radius 3 is 2.11 bits per heavy atom. The van der Waals surface area contributed by atoms with E-state index in [4.69, 9.17) is 4.74 Å². The van der Waals surface area contributed by atoms with Crippen molar-refractivity contribution in [1.82, 2.24) is 15.1 Å². The fourth-order valence-corrected chi connectivity index (χ4v) is 5.81. The summed E-state index contributed by atoms with van der Waals surface area (Å²) in [5.74, 6) is 1.81. The van der Waals surface area contributed by atoms with Crippen LogP contribution in [0.2, 0.25) is 0 Å². The van der Waals surface area contributed by atoms with Gasteiger partial charge in [-0.15, -0.1) is 0 Å². The van der Waals surface area contributed by atoms with Gasteiger partial charge in [-0.3, -0.25) is 14.5 Å². The van der Waals surface area contributed by atoms with Gasteiger partial charge in [-0.25, -0.2) is 0 Å². The van der Waals surface area contributed by atoms with Crippen molar-refractivity contribution in [3.8, 4) is 17.2 Å². The number of carbonyl (C=O) groups excluding carboxylic acids is 2. The molecule has 2 N–H and O–H groups in total. The monoisotopic (exact) mass is 591 g/mol. The molecule has 0 saturated carbocycles. The van der Waals surface area contributed by atoms with E-state index >= 15 is 0 Å². The van der Waals surface area contributed by atoms with Crippen LogP contribution in [0.5, 0.6) is 17.2 Å². The maximum atomic E-state index is 13.8. The molecule has 1 fully saturated rings. The molecule has 4 aromatic rings. The minimum absolute atomic E-state index is 0.0338. The van der Waals surface area contributed by atoms with Gasteiger partial charge in [0.05, 0.1) is 0 Å². The molecule has 4 aromatic carbocycles. The highest BCUT2D eigenvalue weighted by atomic mass is 16.5. The highest BCUT2D eigenvalue weighted by molar-refractivity contribution is 5.77. The van der Waals surface area contributed by atoms with Gasteiger partial charge < -0.3 is 20.1 Å². The van der Waals surface area contributed by atoms with Gasteiger partial charge in [-0.2, -0.15) is 0 Å². The van der Waals surface area contributed by atoms with Crippen LogP contribution in [0.4, 0.5) is 0 Å². The number of phenols is 1. The van der Waals surface area contributed by atoms with E-state index in [9.17, 15) is 14.7 Å². The molecular weight excluding hydrogens is 550 g/mol. The SMILES string of the molecule is CC(=O)NCCc1ccccc1Oc1ccccc1CCC(=O)N1CCN(Cc2ccccc2)C[C@H]1Cc1ccc(O)cc1. The first kappa shape index (κ1) is 30.8. The number of hydrogen-bond donors (Lipinski definition) is 2. The molecular formula is C37H41N3O4. The number of para-hydroxylation sites is 2. The Balaban J connectivity index is 1.26. The van der Waals surface area contributed by atoms with Crippen LogP contribution in [0.1, 0.15) is 35.6 Å². The first-order valence-electron chi connectivity index (χ1n) is 15.4. The first-order valence-corrected chi connectivity index (χ1v) is 15.4. The van der Waals surface area contributed by atoms with Gasteiger partial charge in [-0.05, 0) is 65.8 Å². The minimum atomic E-state index is -0.0543. The molecule has 0 aliphatic carbocycles. The zero-order valence-corrected chi connectivity index (χ0v) is 25.3. The number of ether oxygens (including phenoxy) is 1. The molecule has 0 spiro atoms. The van der Waals surface area contributed by atoms with Crippen molar-refractivity contribution >= 4 is 11.8 Å². The lowest BCUT2D eigenvalue weighted by Gasteiger charge is -2.42. The molecule has 0 aromatic heterocycles. The molecule has 1 aliphatic heterocycles. The lowest BCUT2D eigenvalue weighted by atomic mass is 10.00. The molecule has 44 heavy (non-hydrogen) atoms. The number of nitrogens with one attached hydrogen (secondary N) is 1. The van der Waals surface area contributed by atoms with Crippen molar-refractivity contribution in [3.05, 3.63) is 125 Å². The van der Waals surface area contributed by atoms with Crippen LogP contribution in [0, 0.1) is 0 Å². The van der Waals surface area contributed by atoms with E-state index in [-0.39, 0.29) is 23.6 Å². The molecule has 1 saturated heterocycles. The molecule has 0 unspecified atom stereocenters. The zero-order chi connectivity index (χ0) is 30.7. The Kier molecular flexibility index (Phi) is 10.7. The third-order valence-corrected chi connectivity index (χ3v) is 8.09. The number of carbonyl (C=O) groups is 2. The maximum Gasteiger partial charge on any atom is 0.223 e. The average molecular weight is 592 g/mol. The standard InChI is InChI=1S/C37H41N3O4/c1-28(41)38-22-21-32-12-6-8-14-36(32)44-35-13-7-5-11-31(35)17-20-37(43)40-24-23-39(26-30-9-3-2-4-10-30)27-33(40)25-29-15-18-34(42)19-16-29/h2-16,18-19,33,42H,17,20-27H2,1H3,(H,38,41)/t33-/m1/s1. The first-order chi connectivity index (χ1) is 21.4. The molecule has 0 bridgehead atoms. The summed E-state index contributed by atoms with van der Waals surface area (Å²) in [4.78, 5) is 29.6. The molecule has 0 radical (unpaired) electrons. The number of benzene rings is 4. The van der Waals surface area contributed by atoms with E-state index < -0.39 is 0 Å². The van der Waals surface area contributed by atoms with Crippen molar-refractivity contribution in [1.29, 1.82) is 0 Å². The number of nitrogens with zero attached hydrogens (tertiary/aromatic N) is 2. The summed E-state index contributed by atoms with van der Waals surface area (Å²) in [5, 5.41) is 12.6. The highest BCUT2D eigenvalue weighted by Crippen LogP contribution is 2.30. The van der Waals surface area contributed by atoms with Crippen LogP contribution in [-0.2, 0) is 35.4 Å². The predicted octanol–water partition coefficient (Wildman–Crippen LogP) is 5.75. The van der Waals surface area contributed by atoms with E-state index in [1.54, 1.807) is 12.1 Å². The van der Waals surface area contributed by atoms with Gasteiger partial charge in [0.2, 0.25) is 11.8 Å². The molecule has 1 atom stereocenters. The van der Waals surface area contributed by atoms with Gasteiger partial charge in [0.15, 0.2) is 0 Å². The van der Waals surface area contributed by atoms with E-state index in [1.807, 2.05) is 66.7 Å². The number of aryl methyl sites for hydroxylation is 1. The Bertz CT molecular complexity index is 1520. The lowest BCUT2D eigenvalue weighted by Crippen LogP contribution is -2.55. The Labute approximate surface area is 260 Å². The number of amides is 2. The zero-order valence-electron chi connectivity index (χ0n) is 25.3. The van der Waals surface area contributed by atoms with Crippen LogP contribution in [-0.4, -0.2) is 58.9 Å². The van der Waals surface area contributed by atoms with Crippen LogP contribution >= 0.6 is 0 Å². The van der Waals surface area contributed by atoms with Gasteiger partial charge in [0.1, 0.15) is 17.2 Å². The fraction of sp³-hybridized carbons (Fsp3) is 0.297. The molecule has 228 valence electrons. The molecule has 2 amide bonds. The highest BCUT2D eigenvalue weighted by Gasteiger charge is 2.30. The maximum absolute atomic E-state index is 13.8.